The molecule has 7 heteroatoms. The van der Waals surface area contributed by atoms with Gasteiger partial charge in [0.25, 0.3) is 5.91 Å². The van der Waals surface area contributed by atoms with Crippen LogP contribution in [-0.2, 0) is 14.8 Å². The summed E-state index contributed by atoms with van der Waals surface area (Å²) in [5.41, 5.74) is 0.401. The topological polar surface area (TPSA) is 84.5 Å². The molecule has 136 valence electrons. The molecule has 25 heavy (non-hydrogen) atoms. The Bertz CT molecular complexity index is 807. The van der Waals surface area contributed by atoms with Crippen molar-refractivity contribution in [3.05, 3.63) is 18.2 Å². The first-order valence-electron chi connectivity index (χ1n) is 8.97. The highest BCUT2D eigenvalue weighted by molar-refractivity contribution is 7.89. The van der Waals surface area contributed by atoms with Crippen LogP contribution in [0.1, 0.15) is 39.5 Å². The standard InChI is InChI=1S/C18H24N2O4S/c1-10(15-8-12-3-4-13(15)7-12)20-25(22,23)14-5-6-17-16(9-14)19-18(21)11(2)24-17/h5-6,9-13,15,20H,3-4,7-8H2,1-2H3,(H,19,21)/t10-,11+,12+,13+,15-/m1/s1. The van der Waals surface area contributed by atoms with E-state index >= 15 is 0 Å². The summed E-state index contributed by atoms with van der Waals surface area (Å²) in [4.78, 5) is 11.9. The van der Waals surface area contributed by atoms with Crippen molar-refractivity contribution < 1.29 is 17.9 Å². The molecule has 2 saturated carbocycles. The molecular weight excluding hydrogens is 340 g/mol. The molecule has 6 nitrogen and oxygen atoms in total. The van der Waals surface area contributed by atoms with Gasteiger partial charge < -0.3 is 10.1 Å². The Kier molecular flexibility index (Phi) is 4.03. The van der Waals surface area contributed by atoms with E-state index in [4.69, 9.17) is 4.74 Å². The van der Waals surface area contributed by atoms with Crippen LogP contribution in [-0.4, -0.2) is 26.5 Å². The van der Waals surface area contributed by atoms with Gasteiger partial charge in [-0.1, -0.05) is 6.42 Å². The van der Waals surface area contributed by atoms with Gasteiger partial charge in [-0.3, -0.25) is 4.79 Å². The van der Waals surface area contributed by atoms with E-state index in [-0.39, 0.29) is 16.8 Å². The maximum atomic E-state index is 12.8. The van der Waals surface area contributed by atoms with Gasteiger partial charge in [-0.25, -0.2) is 13.1 Å². The number of benzene rings is 1. The van der Waals surface area contributed by atoms with Gasteiger partial charge in [0.1, 0.15) is 5.75 Å². The summed E-state index contributed by atoms with van der Waals surface area (Å²) in [6.07, 6.45) is 4.31. The van der Waals surface area contributed by atoms with Crippen LogP contribution < -0.4 is 14.8 Å². The first-order chi connectivity index (χ1) is 11.8. The highest BCUT2D eigenvalue weighted by atomic mass is 32.2. The Morgan fingerprint density at radius 1 is 1.28 bits per heavy atom. The van der Waals surface area contributed by atoms with E-state index in [1.54, 1.807) is 13.0 Å². The van der Waals surface area contributed by atoms with E-state index in [1.165, 1.54) is 31.4 Å². The summed E-state index contributed by atoms with van der Waals surface area (Å²) in [6.45, 7) is 3.62. The normalized spacial score (nSPS) is 32.0. The molecule has 1 aliphatic heterocycles. The lowest BCUT2D eigenvalue weighted by Crippen LogP contribution is -2.40. The van der Waals surface area contributed by atoms with Crippen molar-refractivity contribution in [3.8, 4) is 5.75 Å². The Morgan fingerprint density at radius 3 is 2.76 bits per heavy atom. The molecule has 2 bridgehead atoms. The van der Waals surface area contributed by atoms with Crippen molar-refractivity contribution in [1.82, 2.24) is 4.72 Å². The molecule has 4 rings (SSSR count). The van der Waals surface area contributed by atoms with Crippen LogP contribution >= 0.6 is 0 Å². The maximum absolute atomic E-state index is 12.8. The molecule has 3 aliphatic rings. The number of carbonyl (C=O) groups excluding carboxylic acids is 1. The molecular formula is C18H24N2O4S. The third kappa shape index (κ3) is 3.04. The van der Waals surface area contributed by atoms with Crippen molar-refractivity contribution in [2.75, 3.05) is 5.32 Å². The first kappa shape index (κ1) is 16.8. The number of hydrogen-bond donors (Lipinski definition) is 2. The zero-order valence-corrected chi connectivity index (χ0v) is 15.3. The van der Waals surface area contributed by atoms with Crippen LogP contribution in [0.15, 0.2) is 23.1 Å². The Hall–Kier alpha value is -1.60. The summed E-state index contributed by atoms with van der Waals surface area (Å²) in [5, 5.41) is 2.70. The van der Waals surface area contributed by atoms with Crippen LogP contribution in [0, 0.1) is 17.8 Å². The quantitative estimate of drug-likeness (QED) is 0.860. The fourth-order valence-electron chi connectivity index (χ4n) is 4.66. The molecule has 2 N–H and O–H groups in total. The van der Waals surface area contributed by atoms with Gasteiger partial charge in [0, 0.05) is 6.04 Å². The molecule has 2 fully saturated rings. The molecule has 5 atom stereocenters. The number of carbonyl (C=O) groups is 1. The fourth-order valence-corrected chi connectivity index (χ4v) is 5.98. The fraction of sp³-hybridized carbons (Fsp3) is 0.611. The highest BCUT2D eigenvalue weighted by Gasteiger charge is 2.42. The van der Waals surface area contributed by atoms with E-state index in [1.807, 2.05) is 6.92 Å². The number of ether oxygens (including phenoxy) is 1. The SMILES string of the molecule is C[C@@H]1Oc2ccc(S(=O)(=O)N[C@H](C)[C@H]3C[C@H]4CC[C@H]3C4)cc2NC1=O. The number of sulfonamides is 1. The largest absolute Gasteiger partial charge is 0.479 e. The number of amides is 1. The molecule has 1 aromatic carbocycles. The molecule has 2 aliphatic carbocycles. The number of nitrogens with one attached hydrogen (secondary N) is 2. The van der Waals surface area contributed by atoms with E-state index in [0.717, 1.165) is 12.3 Å². The average Bonchev–Trinajstić information content (AvgIpc) is 3.18. The Balaban J connectivity index is 1.52. The third-order valence-electron chi connectivity index (χ3n) is 5.97. The highest BCUT2D eigenvalue weighted by Crippen LogP contribution is 2.49. The molecule has 1 aromatic rings. The summed E-state index contributed by atoms with van der Waals surface area (Å²) >= 11 is 0. The lowest BCUT2D eigenvalue weighted by molar-refractivity contribution is -0.122. The second-order valence-electron chi connectivity index (χ2n) is 7.66. The predicted octanol–water partition coefficient (Wildman–Crippen LogP) is 2.51. The Labute approximate surface area is 148 Å². The summed E-state index contributed by atoms with van der Waals surface area (Å²) in [6, 6.07) is 4.51. The number of anilines is 1. The summed E-state index contributed by atoms with van der Waals surface area (Å²) in [7, 11) is -3.64. The predicted molar refractivity (Wildman–Crippen MR) is 93.9 cm³/mol. The van der Waals surface area contributed by atoms with Crippen molar-refractivity contribution in [3.63, 3.8) is 0 Å². The van der Waals surface area contributed by atoms with E-state index < -0.39 is 16.1 Å². The van der Waals surface area contributed by atoms with Gasteiger partial charge in [0.05, 0.1) is 10.6 Å². The minimum atomic E-state index is -3.64. The van der Waals surface area contributed by atoms with Crippen LogP contribution in [0.5, 0.6) is 5.75 Å². The molecule has 0 radical (unpaired) electrons. The van der Waals surface area contributed by atoms with Crippen molar-refractivity contribution in [1.29, 1.82) is 0 Å². The van der Waals surface area contributed by atoms with Crippen molar-refractivity contribution in [2.24, 2.45) is 17.8 Å². The third-order valence-corrected chi connectivity index (χ3v) is 7.52. The van der Waals surface area contributed by atoms with E-state index in [9.17, 15) is 13.2 Å². The van der Waals surface area contributed by atoms with Crippen LogP contribution in [0.4, 0.5) is 5.69 Å². The number of rotatable bonds is 4. The summed E-state index contributed by atoms with van der Waals surface area (Å²) < 4.78 is 33.9. The van der Waals surface area contributed by atoms with Gasteiger partial charge >= 0.3 is 0 Å². The minimum Gasteiger partial charge on any atom is -0.479 e. The first-order valence-corrected chi connectivity index (χ1v) is 10.5. The van der Waals surface area contributed by atoms with E-state index in [2.05, 4.69) is 10.0 Å². The Morgan fingerprint density at radius 2 is 2.08 bits per heavy atom. The molecule has 0 saturated heterocycles. The van der Waals surface area contributed by atoms with Crippen molar-refractivity contribution in [2.45, 2.75) is 56.6 Å². The van der Waals surface area contributed by atoms with Crippen LogP contribution in [0.2, 0.25) is 0 Å². The molecule has 0 aromatic heterocycles. The molecule has 1 amide bonds. The van der Waals surface area contributed by atoms with Gasteiger partial charge in [-0.15, -0.1) is 0 Å². The lowest BCUT2D eigenvalue weighted by Gasteiger charge is -2.28. The zero-order chi connectivity index (χ0) is 17.8. The second kappa shape index (κ2) is 5.99. The lowest BCUT2D eigenvalue weighted by atomic mass is 9.84. The zero-order valence-electron chi connectivity index (χ0n) is 14.5. The molecule has 0 spiro atoms. The number of hydrogen-bond acceptors (Lipinski definition) is 4. The molecule has 0 unspecified atom stereocenters. The summed E-state index contributed by atoms with van der Waals surface area (Å²) in [5.74, 6) is 2.08. The molecule has 1 heterocycles. The van der Waals surface area contributed by atoms with Gasteiger partial charge in [0.2, 0.25) is 10.0 Å². The van der Waals surface area contributed by atoms with Gasteiger partial charge in [-0.05, 0) is 69.1 Å². The van der Waals surface area contributed by atoms with Crippen molar-refractivity contribution >= 4 is 21.6 Å². The van der Waals surface area contributed by atoms with Crippen LogP contribution in [0.25, 0.3) is 0 Å². The number of fused-ring (bicyclic) bond motifs is 3. The van der Waals surface area contributed by atoms with Gasteiger partial charge in [0.15, 0.2) is 6.10 Å². The van der Waals surface area contributed by atoms with Gasteiger partial charge in [-0.2, -0.15) is 0 Å². The second-order valence-corrected chi connectivity index (χ2v) is 9.37. The average molecular weight is 364 g/mol. The van der Waals surface area contributed by atoms with Crippen LogP contribution in [0.3, 0.4) is 0 Å². The smallest absolute Gasteiger partial charge is 0.265 e. The monoisotopic (exact) mass is 364 g/mol. The minimum absolute atomic E-state index is 0.0813. The van der Waals surface area contributed by atoms with E-state index in [0.29, 0.717) is 23.3 Å². The maximum Gasteiger partial charge on any atom is 0.265 e.